The van der Waals surface area contributed by atoms with Gasteiger partial charge in [-0.3, -0.25) is 0 Å². The van der Waals surface area contributed by atoms with Gasteiger partial charge in [-0.05, 0) is 29.8 Å². The first-order valence-electron chi connectivity index (χ1n) is 7.15. The van der Waals surface area contributed by atoms with E-state index in [0.29, 0.717) is 6.54 Å². The summed E-state index contributed by atoms with van der Waals surface area (Å²) in [6.07, 6.45) is 0. The van der Waals surface area contributed by atoms with Crippen molar-refractivity contribution in [1.29, 1.82) is 0 Å². The second-order valence-corrected chi connectivity index (χ2v) is 6.68. The molecule has 0 bridgehead atoms. The molecule has 0 saturated carbocycles. The third-order valence-electron chi connectivity index (χ3n) is 3.32. The van der Waals surface area contributed by atoms with Crippen molar-refractivity contribution in [3.8, 4) is 0 Å². The molecule has 0 amide bonds. The van der Waals surface area contributed by atoms with Gasteiger partial charge in [0.1, 0.15) is 5.82 Å². The van der Waals surface area contributed by atoms with Gasteiger partial charge < -0.3 is 5.32 Å². The van der Waals surface area contributed by atoms with E-state index in [0.717, 1.165) is 27.9 Å². The number of hydrogen-bond donors (Lipinski definition) is 1. The van der Waals surface area contributed by atoms with Crippen LogP contribution in [0, 0.1) is 0 Å². The maximum Gasteiger partial charge on any atom is 0.178 e. The summed E-state index contributed by atoms with van der Waals surface area (Å²) in [6.45, 7) is 6.97. The number of nitrogens with one attached hydrogen (secondary N) is 1. The van der Waals surface area contributed by atoms with Crippen LogP contribution in [-0.4, -0.2) is 19.8 Å². The zero-order valence-corrected chi connectivity index (χ0v) is 13.6. The molecular formula is C16H18ClN5. The van der Waals surface area contributed by atoms with E-state index in [-0.39, 0.29) is 5.41 Å². The number of fused-ring (bicyclic) bond motifs is 1. The molecule has 0 saturated heterocycles. The molecular weight excluding hydrogens is 298 g/mol. The zero-order chi connectivity index (χ0) is 15.7. The largest absolute Gasteiger partial charge is 0.365 e. The number of nitrogens with zero attached hydrogens (tertiary/aromatic N) is 4. The van der Waals surface area contributed by atoms with Gasteiger partial charge in [0.15, 0.2) is 11.5 Å². The molecule has 1 N–H and O–H groups in total. The topological polar surface area (TPSA) is 55.1 Å². The average molecular weight is 316 g/mol. The maximum atomic E-state index is 5.89. The van der Waals surface area contributed by atoms with Crippen molar-refractivity contribution in [3.05, 3.63) is 52.8 Å². The number of benzene rings is 1. The first-order chi connectivity index (χ1) is 10.4. The van der Waals surface area contributed by atoms with Gasteiger partial charge in [-0.2, -0.15) is 4.52 Å². The summed E-state index contributed by atoms with van der Waals surface area (Å²) >= 11 is 5.89. The van der Waals surface area contributed by atoms with Gasteiger partial charge in [-0.25, -0.2) is 0 Å². The molecule has 0 fully saturated rings. The smallest absolute Gasteiger partial charge is 0.178 e. The molecule has 2 heterocycles. The van der Waals surface area contributed by atoms with Gasteiger partial charge in [-0.15, -0.1) is 15.3 Å². The second kappa shape index (κ2) is 5.57. The van der Waals surface area contributed by atoms with Crippen LogP contribution in [0.5, 0.6) is 0 Å². The Morgan fingerprint density at radius 3 is 2.45 bits per heavy atom. The normalized spacial score (nSPS) is 11.8. The van der Waals surface area contributed by atoms with E-state index in [1.807, 2.05) is 36.4 Å². The fourth-order valence-electron chi connectivity index (χ4n) is 2.15. The van der Waals surface area contributed by atoms with E-state index in [1.54, 1.807) is 4.52 Å². The first-order valence-corrected chi connectivity index (χ1v) is 7.52. The number of aromatic nitrogens is 4. The highest BCUT2D eigenvalue weighted by Crippen LogP contribution is 2.21. The Labute approximate surface area is 134 Å². The predicted molar refractivity (Wildman–Crippen MR) is 88.3 cm³/mol. The molecule has 5 nitrogen and oxygen atoms in total. The lowest BCUT2D eigenvalue weighted by atomic mass is 9.96. The summed E-state index contributed by atoms with van der Waals surface area (Å²) < 4.78 is 1.80. The van der Waals surface area contributed by atoms with Crippen LogP contribution >= 0.6 is 11.6 Å². The predicted octanol–water partition coefficient (Wildman–Crippen LogP) is 3.69. The SMILES string of the molecule is CC(C)(C)c1nnc2ccc(NCc3ccc(Cl)cc3)nn12. The highest BCUT2D eigenvalue weighted by Gasteiger charge is 2.21. The second-order valence-electron chi connectivity index (χ2n) is 6.24. The van der Waals surface area contributed by atoms with Crippen LogP contribution in [-0.2, 0) is 12.0 Å². The third-order valence-corrected chi connectivity index (χ3v) is 3.57. The van der Waals surface area contributed by atoms with Crippen LogP contribution in [0.1, 0.15) is 32.2 Å². The Bertz CT molecular complexity index is 786. The highest BCUT2D eigenvalue weighted by atomic mass is 35.5. The van der Waals surface area contributed by atoms with Gasteiger partial charge in [0, 0.05) is 17.0 Å². The maximum absolute atomic E-state index is 5.89. The molecule has 0 aliphatic heterocycles. The van der Waals surface area contributed by atoms with E-state index >= 15 is 0 Å². The Kier molecular flexibility index (Phi) is 3.74. The molecule has 22 heavy (non-hydrogen) atoms. The van der Waals surface area contributed by atoms with E-state index in [4.69, 9.17) is 11.6 Å². The molecule has 0 atom stereocenters. The molecule has 2 aromatic heterocycles. The van der Waals surface area contributed by atoms with Crippen molar-refractivity contribution in [3.63, 3.8) is 0 Å². The van der Waals surface area contributed by atoms with Crippen LogP contribution in [0.4, 0.5) is 5.82 Å². The molecule has 1 aromatic carbocycles. The van der Waals surface area contributed by atoms with E-state index in [2.05, 4.69) is 41.4 Å². The summed E-state index contributed by atoms with van der Waals surface area (Å²) in [6, 6.07) is 11.6. The summed E-state index contributed by atoms with van der Waals surface area (Å²) in [5, 5.41) is 17.0. The summed E-state index contributed by atoms with van der Waals surface area (Å²) in [7, 11) is 0. The molecule has 6 heteroatoms. The van der Waals surface area contributed by atoms with Crippen molar-refractivity contribution in [2.45, 2.75) is 32.7 Å². The van der Waals surface area contributed by atoms with Gasteiger partial charge >= 0.3 is 0 Å². The number of rotatable bonds is 3. The van der Waals surface area contributed by atoms with Gasteiger partial charge in [0.05, 0.1) is 0 Å². The van der Waals surface area contributed by atoms with Gasteiger partial charge in [0.2, 0.25) is 0 Å². The lowest BCUT2D eigenvalue weighted by molar-refractivity contribution is 0.527. The Morgan fingerprint density at radius 1 is 1.05 bits per heavy atom. The van der Waals surface area contributed by atoms with Crippen LogP contribution < -0.4 is 5.32 Å². The molecule has 0 aliphatic carbocycles. The Hall–Kier alpha value is -2.14. The Morgan fingerprint density at radius 2 is 1.77 bits per heavy atom. The van der Waals surface area contributed by atoms with Crippen LogP contribution in [0.25, 0.3) is 5.65 Å². The van der Waals surface area contributed by atoms with Gasteiger partial charge in [0.25, 0.3) is 0 Å². The van der Waals surface area contributed by atoms with Crippen molar-refractivity contribution < 1.29 is 0 Å². The Balaban J connectivity index is 1.83. The molecule has 3 rings (SSSR count). The molecule has 0 spiro atoms. The fourth-order valence-corrected chi connectivity index (χ4v) is 2.27. The summed E-state index contributed by atoms with van der Waals surface area (Å²) in [5.41, 5.74) is 1.79. The van der Waals surface area contributed by atoms with Crippen molar-refractivity contribution >= 4 is 23.1 Å². The van der Waals surface area contributed by atoms with Crippen LogP contribution in [0.2, 0.25) is 5.02 Å². The monoisotopic (exact) mass is 315 g/mol. The van der Waals surface area contributed by atoms with Crippen molar-refractivity contribution in [2.75, 3.05) is 5.32 Å². The lowest BCUT2D eigenvalue weighted by Crippen LogP contribution is -2.17. The number of anilines is 1. The number of halogens is 1. The molecule has 0 radical (unpaired) electrons. The van der Waals surface area contributed by atoms with Crippen molar-refractivity contribution in [1.82, 2.24) is 19.8 Å². The minimum Gasteiger partial charge on any atom is -0.365 e. The van der Waals surface area contributed by atoms with Gasteiger partial charge in [-0.1, -0.05) is 44.5 Å². The highest BCUT2D eigenvalue weighted by molar-refractivity contribution is 6.30. The van der Waals surface area contributed by atoms with Crippen molar-refractivity contribution in [2.24, 2.45) is 0 Å². The minimum atomic E-state index is -0.110. The number of hydrogen-bond acceptors (Lipinski definition) is 4. The lowest BCUT2D eigenvalue weighted by Gasteiger charge is -2.15. The summed E-state index contributed by atoms with van der Waals surface area (Å²) in [4.78, 5) is 0. The van der Waals surface area contributed by atoms with E-state index < -0.39 is 0 Å². The third kappa shape index (κ3) is 3.04. The molecule has 0 aliphatic rings. The van der Waals surface area contributed by atoms with E-state index in [1.165, 1.54) is 0 Å². The first kappa shape index (κ1) is 14.8. The molecule has 3 aromatic rings. The van der Waals surface area contributed by atoms with Crippen LogP contribution in [0.3, 0.4) is 0 Å². The average Bonchev–Trinajstić information content (AvgIpc) is 2.90. The quantitative estimate of drug-likeness (QED) is 0.801. The molecule has 0 unspecified atom stereocenters. The van der Waals surface area contributed by atoms with Crippen LogP contribution in [0.15, 0.2) is 36.4 Å². The van der Waals surface area contributed by atoms with E-state index in [9.17, 15) is 0 Å². The standard InChI is InChI=1S/C16H18ClN5/c1-16(2,3)15-20-19-14-9-8-13(21-22(14)15)18-10-11-4-6-12(17)7-5-11/h4-9H,10H2,1-3H3,(H,18,21). The fraction of sp³-hybridized carbons (Fsp3) is 0.312. The minimum absolute atomic E-state index is 0.110. The zero-order valence-electron chi connectivity index (χ0n) is 12.8. The summed E-state index contributed by atoms with van der Waals surface area (Å²) in [5.74, 6) is 1.63. The molecule has 114 valence electrons.